The van der Waals surface area contributed by atoms with Crippen LogP contribution in [0.15, 0.2) is 47.7 Å². The summed E-state index contributed by atoms with van der Waals surface area (Å²) >= 11 is 1.39. The number of fused-ring (bicyclic) bond motifs is 1. The van der Waals surface area contributed by atoms with Crippen LogP contribution in [0.25, 0.3) is 0 Å². The van der Waals surface area contributed by atoms with Gasteiger partial charge in [0.2, 0.25) is 5.91 Å². The highest BCUT2D eigenvalue weighted by Crippen LogP contribution is 2.40. The third kappa shape index (κ3) is 3.43. The molecule has 2 aliphatic heterocycles. The number of aliphatic carboxylic acids is 1. The zero-order valence-electron chi connectivity index (χ0n) is 14.5. The van der Waals surface area contributed by atoms with Crippen LogP contribution in [-0.4, -0.2) is 50.1 Å². The van der Waals surface area contributed by atoms with Gasteiger partial charge in [-0.05, 0) is 30.2 Å². The van der Waals surface area contributed by atoms with Gasteiger partial charge in [0, 0.05) is 5.75 Å². The number of rotatable bonds is 5. The molecule has 3 rings (SSSR count). The molecule has 1 saturated heterocycles. The Bertz CT molecular complexity index is 849. The van der Waals surface area contributed by atoms with Crippen molar-refractivity contribution in [2.24, 2.45) is 5.73 Å². The fourth-order valence-corrected chi connectivity index (χ4v) is 4.37. The number of nitrogens with one attached hydrogen (secondary N) is 1. The van der Waals surface area contributed by atoms with E-state index in [2.05, 4.69) is 5.32 Å². The molecule has 1 fully saturated rings. The lowest BCUT2D eigenvalue weighted by molar-refractivity contribution is -0.150. The molecule has 142 valence electrons. The van der Waals surface area contributed by atoms with Gasteiger partial charge >= 0.3 is 5.97 Å². The first kappa shape index (κ1) is 19.0. The molecule has 1 aromatic carbocycles. The number of amides is 2. The van der Waals surface area contributed by atoms with Crippen molar-refractivity contribution < 1.29 is 24.6 Å². The highest BCUT2D eigenvalue weighted by Gasteiger charge is 2.54. The van der Waals surface area contributed by atoms with E-state index in [-0.39, 0.29) is 11.4 Å². The molecule has 3 atom stereocenters. The molecule has 1 aromatic rings. The molecule has 0 aromatic heterocycles. The summed E-state index contributed by atoms with van der Waals surface area (Å²) in [4.78, 5) is 37.7. The van der Waals surface area contributed by atoms with Crippen LogP contribution in [0.4, 0.5) is 0 Å². The summed E-state index contributed by atoms with van der Waals surface area (Å²) in [5.74, 6) is -1.71. The van der Waals surface area contributed by atoms with Crippen LogP contribution in [0, 0.1) is 0 Å². The number of carboxylic acid groups (broad SMARTS) is 1. The molecule has 0 radical (unpaired) electrons. The van der Waals surface area contributed by atoms with Gasteiger partial charge in [0.1, 0.15) is 28.9 Å². The first-order valence-electron chi connectivity index (χ1n) is 8.24. The molecule has 0 unspecified atom stereocenters. The Hall–Kier alpha value is -2.78. The average molecular weight is 389 g/mol. The maximum Gasteiger partial charge on any atom is 0.352 e. The van der Waals surface area contributed by atoms with Gasteiger partial charge in [0.25, 0.3) is 5.91 Å². The van der Waals surface area contributed by atoms with Crippen LogP contribution in [0.3, 0.4) is 0 Å². The summed E-state index contributed by atoms with van der Waals surface area (Å²) in [7, 11) is 0. The summed E-state index contributed by atoms with van der Waals surface area (Å²) in [6.07, 6.45) is 3.39. The van der Waals surface area contributed by atoms with Gasteiger partial charge in [-0.25, -0.2) is 4.79 Å². The maximum atomic E-state index is 12.5. The third-order valence-electron chi connectivity index (χ3n) is 4.40. The second kappa shape index (κ2) is 7.45. The Morgan fingerprint density at radius 2 is 2.04 bits per heavy atom. The summed E-state index contributed by atoms with van der Waals surface area (Å²) < 4.78 is 0. The summed E-state index contributed by atoms with van der Waals surface area (Å²) in [6.45, 7) is 1.77. The van der Waals surface area contributed by atoms with Crippen molar-refractivity contribution >= 4 is 29.5 Å². The molecule has 2 aliphatic rings. The molecule has 27 heavy (non-hydrogen) atoms. The van der Waals surface area contributed by atoms with Crippen LogP contribution in [0.5, 0.6) is 5.75 Å². The van der Waals surface area contributed by atoms with E-state index in [1.54, 1.807) is 19.1 Å². The van der Waals surface area contributed by atoms with Crippen LogP contribution < -0.4 is 11.1 Å². The van der Waals surface area contributed by atoms with E-state index >= 15 is 0 Å². The van der Waals surface area contributed by atoms with Crippen molar-refractivity contribution in [2.45, 2.75) is 24.4 Å². The second-order valence-electron chi connectivity index (χ2n) is 6.14. The minimum Gasteiger partial charge on any atom is -0.508 e. The molecule has 0 aliphatic carbocycles. The SMILES string of the molecule is C/C=C/C1=C(C(=O)O)N2C(=O)[C@H](NC(=O)[C@@H](N)c3ccc(O)cc3)[C@@H]2SC1. The lowest BCUT2D eigenvalue weighted by Crippen LogP contribution is -2.71. The lowest BCUT2D eigenvalue weighted by atomic mass is 10.0. The van der Waals surface area contributed by atoms with Crippen molar-refractivity contribution in [3.63, 3.8) is 0 Å². The van der Waals surface area contributed by atoms with Gasteiger partial charge in [-0.1, -0.05) is 24.3 Å². The first-order chi connectivity index (χ1) is 12.8. The van der Waals surface area contributed by atoms with E-state index in [9.17, 15) is 24.6 Å². The quantitative estimate of drug-likeness (QED) is 0.545. The number of phenolic OH excluding ortho intramolecular Hbond substituents is 1. The molecular formula is C18H19N3O5S. The molecule has 0 saturated carbocycles. The van der Waals surface area contributed by atoms with E-state index in [4.69, 9.17) is 5.73 Å². The Morgan fingerprint density at radius 1 is 1.37 bits per heavy atom. The Balaban J connectivity index is 1.74. The smallest absolute Gasteiger partial charge is 0.352 e. The number of phenols is 1. The Kier molecular flexibility index (Phi) is 5.24. The van der Waals surface area contributed by atoms with Crippen LogP contribution >= 0.6 is 11.8 Å². The normalized spacial score (nSPS) is 23.0. The third-order valence-corrected chi connectivity index (χ3v) is 5.70. The molecule has 2 amide bonds. The lowest BCUT2D eigenvalue weighted by Gasteiger charge is -2.49. The van der Waals surface area contributed by atoms with Gasteiger partial charge < -0.3 is 21.3 Å². The van der Waals surface area contributed by atoms with Crippen molar-refractivity contribution in [1.82, 2.24) is 10.2 Å². The number of carboxylic acids is 1. The van der Waals surface area contributed by atoms with E-state index in [0.29, 0.717) is 16.9 Å². The minimum atomic E-state index is -1.17. The molecule has 8 nitrogen and oxygen atoms in total. The zero-order chi connectivity index (χ0) is 19.7. The number of nitrogens with zero attached hydrogens (tertiary/aromatic N) is 1. The van der Waals surface area contributed by atoms with Crippen LogP contribution in [-0.2, 0) is 14.4 Å². The predicted octanol–water partition coefficient (Wildman–Crippen LogP) is 0.707. The molecule has 0 bridgehead atoms. The number of thioether (sulfide) groups is 1. The Morgan fingerprint density at radius 3 is 2.63 bits per heavy atom. The van der Waals surface area contributed by atoms with Crippen molar-refractivity contribution in [1.29, 1.82) is 0 Å². The number of benzene rings is 1. The number of carbonyl (C=O) groups excluding carboxylic acids is 2. The fourth-order valence-electron chi connectivity index (χ4n) is 3.05. The first-order valence-corrected chi connectivity index (χ1v) is 9.28. The van der Waals surface area contributed by atoms with Crippen LogP contribution in [0.1, 0.15) is 18.5 Å². The fraction of sp³-hybridized carbons (Fsp3) is 0.278. The number of carbonyl (C=O) groups is 3. The second-order valence-corrected chi connectivity index (χ2v) is 7.25. The minimum absolute atomic E-state index is 0.0461. The standard InChI is InChI=1S/C18H19N3O5S/c1-2-3-10-8-27-17-13(16(24)21(17)14(10)18(25)26)20-15(23)12(19)9-4-6-11(22)7-5-9/h2-7,12-13,17,22H,8,19H2,1H3,(H,20,23)(H,25,26)/b3-2+/t12-,13-,17-/m0/s1. The molecule has 9 heteroatoms. The number of aromatic hydroxyl groups is 1. The molecule has 0 spiro atoms. The van der Waals surface area contributed by atoms with Gasteiger partial charge in [-0.15, -0.1) is 11.8 Å². The van der Waals surface area contributed by atoms with Crippen molar-refractivity contribution in [2.75, 3.05) is 5.75 Å². The topological polar surface area (TPSA) is 133 Å². The summed E-state index contributed by atoms with van der Waals surface area (Å²) in [5, 5.41) is 20.9. The number of hydrogen-bond donors (Lipinski definition) is 4. The zero-order valence-corrected chi connectivity index (χ0v) is 15.3. The molecular weight excluding hydrogens is 370 g/mol. The maximum absolute atomic E-state index is 12.5. The molecule has 2 heterocycles. The van der Waals surface area contributed by atoms with Crippen LogP contribution in [0.2, 0.25) is 0 Å². The van der Waals surface area contributed by atoms with E-state index in [1.807, 2.05) is 0 Å². The van der Waals surface area contributed by atoms with Gasteiger partial charge in [0.15, 0.2) is 0 Å². The van der Waals surface area contributed by atoms with Gasteiger partial charge in [-0.3, -0.25) is 14.5 Å². The van der Waals surface area contributed by atoms with E-state index < -0.39 is 35.2 Å². The number of hydrogen-bond acceptors (Lipinski definition) is 6. The largest absolute Gasteiger partial charge is 0.508 e. The van der Waals surface area contributed by atoms with Crippen molar-refractivity contribution in [3.05, 3.63) is 53.3 Å². The molecule has 5 N–H and O–H groups in total. The monoisotopic (exact) mass is 389 g/mol. The summed E-state index contributed by atoms with van der Waals surface area (Å²) in [6, 6.07) is 4.06. The number of β-lactam (4-membered cyclic amide) rings is 1. The Labute approximate surface area is 159 Å². The number of nitrogens with two attached hydrogens (primary N) is 1. The van der Waals surface area contributed by atoms with Gasteiger partial charge in [-0.2, -0.15) is 0 Å². The number of allylic oxidation sites excluding steroid dienone is 2. The van der Waals surface area contributed by atoms with Gasteiger partial charge in [0.05, 0.1) is 0 Å². The summed E-state index contributed by atoms with van der Waals surface area (Å²) in [5.41, 5.74) is 6.93. The highest BCUT2D eigenvalue weighted by atomic mass is 32.2. The highest BCUT2D eigenvalue weighted by molar-refractivity contribution is 8.00. The predicted molar refractivity (Wildman–Crippen MR) is 99.5 cm³/mol. The van der Waals surface area contributed by atoms with E-state index in [1.165, 1.54) is 40.9 Å². The van der Waals surface area contributed by atoms with E-state index in [0.717, 1.165) is 0 Å². The average Bonchev–Trinajstić information content (AvgIpc) is 2.65. The van der Waals surface area contributed by atoms with Crippen molar-refractivity contribution in [3.8, 4) is 5.75 Å².